The molecule has 170 valence electrons. The molecule has 0 atom stereocenters. The second kappa shape index (κ2) is 10.2. The molecular formula is C26H30N6O. The summed E-state index contributed by atoms with van der Waals surface area (Å²) in [6.45, 7) is 10.4. The maximum atomic E-state index is 12.5. The lowest BCUT2D eigenvalue weighted by atomic mass is 10.2. The van der Waals surface area contributed by atoms with Gasteiger partial charge in [-0.05, 0) is 69.2 Å². The number of nitrogens with one attached hydrogen (secondary N) is 2. The third-order valence-electron chi connectivity index (χ3n) is 5.43. The number of imidazole rings is 1. The van der Waals surface area contributed by atoms with E-state index < -0.39 is 0 Å². The summed E-state index contributed by atoms with van der Waals surface area (Å²) in [5.41, 5.74) is 4.58. The Labute approximate surface area is 194 Å². The summed E-state index contributed by atoms with van der Waals surface area (Å²) < 4.78 is 1.84. The van der Waals surface area contributed by atoms with Crippen LogP contribution in [0.25, 0.3) is 11.0 Å². The minimum absolute atomic E-state index is 0.104. The van der Waals surface area contributed by atoms with Crippen molar-refractivity contribution in [3.05, 3.63) is 78.9 Å². The first-order valence-electron chi connectivity index (χ1n) is 11.2. The summed E-state index contributed by atoms with van der Waals surface area (Å²) in [7, 11) is 0. The van der Waals surface area contributed by atoms with Gasteiger partial charge >= 0.3 is 0 Å². The summed E-state index contributed by atoms with van der Waals surface area (Å²) in [6.07, 6.45) is 6.07. The van der Waals surface area contributed by atoms with Crippen molar-refractivity contribution >= 4 is 34.2 Å². The van der Waals surface area contributed by atoms with Crippen molar-refractivity contribution < 1.29 is 4.79 Å². The normalized spacial score (nSPS) is 13.8. The molecule has 1 fully saturated rings. The highest BCUT2D eigenvalue weighted by molar-refractivity contribution is 6.04. The molecule has 2 aromatic carbocycles. The van der Waals surface area contributed by atoms with Gasteiger partial charge < -0.3 is 20.1 Å². The van der Waals surface area contributed by atoms with Gasteiger partial charge in [-0.15, -0.1) is 0 Å². The van der Waals surface area contributed by atoms with E-state index in [9.17, 15) is 4.79 Å². The standard InChI is InChI=1S/C26H30N6O/c1-19(2)16-25(28-20(3)31-14-6-7-15-31)29-21-10-12-22(13-11-21)30-26(33)17-32-18-27-23-8-4-5-9-24(23)32/h4-5,8-13,16,18H,3,6-7,14-15,17H2,1-2H3,(H,28,29)(H,30,33). The molecule has 1 aliphatic rings. The molecule has 1 amide bonds. The molecule has 0 unspecified atom stereocenters. The highest BCUT2D eigenvalue weighted by Crippen LogP contribution is 2.18. The molecule has 0 bridgehead atoms. The third-order valence-corrected chi connectivity index (χ3v) is 5.43. The van der Waals surface area contributed by atoms with Crippen molar-refractivity contribution in [3.8, 4) is 0 Å². The van der Waals surface area contributed by atoms with E-state index in [2.05, 4.69) is 27.1 Å². The molecule has 0 saturated carbocycles. The Morgan fingerprint density at radius 3 is 2.42 bits per heavy atom. The van der Waals surface area contributed by atoms with Crippen molar-refractivity contribution in [1.29, 1.82) is 0 Å². The molecule has 1 saturated heterocycles. The highest BCUT2D eigenvalue weighted by Gasteiger charge is 2.13. The fourth-order valence-electron chi connectivity index (χ4n) is 3.83. The number of fused-ring (bicyclic) bond motifs is 1. The van der Waals surface area contributed by atoms with Gasteiger partial charge in [0.05, 0.1) is 17.4 Å². The summed E-state index contributed by atoms with van der Waals surface area (Å²) in [4.78, 5) is 23.8. The lowest BCUT2D eigenvalue weighted by Gasteiger charge is -2.18. The smallest absolute Gasteiger partial charge is 0.244 e. The van der Waals surface area contributed by atoms with Crippen LogP contribution < -0.4 is 10.6 Å². The van der Waals surface area contributed by atoms with Crippen LogP contribution in [0.4, 0.5) is 11.4 Å². The fraction of sp³-hybridized carbons (Fsp3) is 0.269. The Kier molecular flexibility index (Phi) is 6.88. The van der Waals surface area contributed by atoms with E-state index in [4.69, 9.17) is 4.99 Å². The summed E-state index contributed by atoms with van der Waals surface area (Å²) in [6, 6.07) is 15.4. The van der Waals surface area contributed by atoms with Crippen molar-refractivity contribution in [3.63, 3.8) is 0 Å². The van der Waals surface area contributed by atoms with Gasteiger partial charge in [0, 0.05) is 24.5 Å². The molecule has 7 heteroatoms. The number of carbonyl (C=O) groups is 1. The van der Waals surface area contributed by atoms with Gasteiger partial charge in [-0.2, -0.15) is 0 Å². The van der Waals surface area contributed by atoms with E-state index in [-0.39, 0.29) is 12.5 Å². The molecule has 33 heavy (non-hydrogen) atoms. The summed E-state index contributed by atoms with van der Waals surface area (Å²) >= 11 is 0. The van der Waals surface area contributed by atoms with E-state index in [1.807, 2.05) is 73.0 Å². The van der Waals surface area contributed by atoms with E-state index >= 15 is 0 Å². The van der Waals surface area contributed by atoms with Gasteiger partial charge in [0.25, 0.3) is 0 Å². The number of rotatable bonds is 7. The summed E-state index contributed by atoms with van der Waals surface area (Å²) in [5, 5.41) is 6.31. The number of nitrogens with zero attached hydrogens (tertiary/aromatic N) is 4. The number of aliphatic imine (C=N–C) groups is 1. The SMILES string of the molecule is C=C(/N=C(\C=C(C)C)Nc1ccc(NC(=O)Cn2cnc3ccccc32)cc1)N1CCCC1. The molecular weight excluding hydrogens is 412 g/mol. The van der Waals surface area contributed by atoms with Crippen LogP contribution in [-0.4, -0.2) is 39.3 Å². The molecule has 4 rings (SSSR count). The van der Waals surface area contributed by atoms with E-state index in [1.165, 1.54) is 12.8 Å². The fourth-order valence-corrected chi connectivity index (χ4v) is 3.83. The number of anilines is 2. The molecule has 2 N–H and O–H groups in total. The van der Waals surface area contributed by atoms with E-state index in [1.54, 1.807) is 6.33 Å². The highest BCUT2D eigenvalue weighted by atomic mass is 16.1. The van der Waals surface area contributed by atoms with Crippen LogP contribution in [0.2, 0.25) is 0 Å². The van der Waals surface area contributed by atoms with Gasteiger partial charge in [0.2, 0.25) is 5.91 Å². The molecule has 0 spiro atoms. The first-order valence-corrected chi connectivity index (χ1v) is 11.2. The Morgan fingerprint density at radius 1 is 1.06 bits per heavy atom. The summed E-state index contributed by atoms with van der Waals surface area (Å²) in [5.74, 6) is 1.42. The predicted molar refractivity (Wildman–Crippen MR) is 135 cm³/mol. The number of amidine groups is 1. The average molecular weight is 443 g/mol. The minimum atomic E-state index is -0.104. The largest absolute Gasteiger partial charge is 0.357 e. The van der Waals surface area contributed by atoms with Gasteiger partial charge in [-0.3, -0.25) is 4.79 Å². The second-order valence-electron chi connectivity index (χ2n) is 8.44. The van der Waals surface area contributed by atoms with Crippen LogP contribution in [0, 0.1) is 0 Å². The number of benzene rings is 2. The number of amides is 1. The average Bonchev–Trinajstić information content (AvgIpc) is 3.45. The number of carbonyl (C=O) groups excluding carboxylic acids is 1. The number of likely N-dealkylation sites (tertiary alicyclic amines) is 1. The topological polar surface area (TPSA) is 74.5 Å². The van der Waals surface area contributed by atoms with Crippen molar-refractivity contribution in [2.45, 2.75) is 33.2 Å². The Morgan fingerprint density at radius 2 is 1.73 bits per heavy atom. The zero-order valence-electron chi connectivity index (χ0n) is 19.2. The zero-order chi connectivity index (χ0) is 23.2. The second-order valence-corrected chi connectivity index (χ2v) is 8.44. The number of allylic oxidation sites excluding steroid dienone is 1. The quantitative estimate of drug-likeness (QED) is 0.398. The van der Waals surface area contributed by atoms with Gasteiger partial charge in [-0.1, -0.05) is 24.3 Å². The molecule has 2 heterocycles. The number of hydrogen-bond donors (Lipinski definition) is 2. The Hall–Kier alpha value is -3.87. The molecule has 0 radical (unpaired) electrons. The van der Waals surface area contributed by atoms with Crippen LogP contribution in [0.5, 0.6) is 0 Å². The molecule has 1 aliphatic heterocycles. The molecule has 0 aliphatic carbocycles. The molecule has 3 aromatic rings. The van der Waals surface area contributed by atoms with Crippen molar-refractivity contribution in [2.24, 2.45) is 4.99 Å². The van der Waals surface area contributed by atoms with Crippen LogP contribution in [0.1, 0.15) is 26.7 Å². The number of hydrogen-bond acceptors (Lipinski definition) is 4. The first kappa shape index (κ1) is 22.3. The number of aromatic nitrogens is 2. The lowest BCUT2D eigenvalue weighted by molar-refractivity contribution is -0.116. The Bertz CT molecular complexity index is 1200. The maximum absolute atomic E-state index is 12.5. The lowest BCUT2D eigenvalue weighted by Crippen LogP contribution is -2.19. The van der Waals surface area contributed by atoms with E-state index in [0.29, 0.717) is 0 Å². The first-order chi connectivity index (χ1) is 16.0. The van der Waals surface area contributed by atoms with Crippen LogP contribution in [0.3, 0.4) is 0 Å². The predicted octanol–water partition coefficient (Wildman–Crippen LogP) is 5.02. The molecule has 7 nitrogen and oxygen atoms in total. The maximum Gasteiger partial charge on any atom is 0.244 e. The Balaban J connectivity index is 1.39. The van der Waals surface area contributed by atoms with Crippen LogP contribution >= 0.6 is 0 Å². The van der Waals surface area contributed by atoms with Crippen molar-refractivity contribution in [1.82, 2.24) is 14.5 Å². The zero-order valence-corrected chi connectivity index (χ0v) is 19.2. The van der Waals surface area contributed by atoms with Crippen LogP contribution in [-0.2, 0) is 11.3 Å². The van der Waals surface area contributed by atoms with Crippen LogP contribution in [0.15, 0.2) is 83.9 Å². The van der Waals surface area contributed by atoms with E-state index in [0.717, 1.165) is 52.7 Å². The minimum Gasteiger partial charge on any atom is -0.357 e. The van der Waals surface area contributed by atoms with Crippen molar-refractivity contribution in [2.75, 3.05) is 23.7 Å². The molecule has 1 aromatic heterocycles. The van der Waals surface area contributed by atoms with Gasteiger partial charge in [0.15, 0.2) is 0 Å². The van der Waals surface area contributed by atoms with Gasteiger partial charge in [-0.25, -0.2) is 9.98 Å². The number of para-hydroxylation sites is 2. The van der Waals surface area contributed by atoms with Gasteiger partial charge in [0.1, 0.15) is 18.2 Å². The monoisotopic (exact) mass is 442 g/mol. The third kappa shape index (κ3) is 5.88.